The Morgan fingerprint density at radius 2 is 2.05 bits per heavy atom. The normalized spacial score (nSPS) is 19.6. The highest BCUT2D eigenvalue weighted by atomic mass is 35.5. The second kappa shape index (κ2) is 6.53. The molecule has 0 aromatic heterocycles. The van der Waals surface area contributed by atoms with E-state index < -0.39 is 11.7 Å². The predicted molar refractivity (Wildman–Crippen MR) is 80.3 cm³/mol. The molecule has 0 bridgehead atoms. The topological polar surface area (TPSA) is 38.8 Å². The summed E-state index contributed by atoms with van der Waals surface area (Å²) in [6.45, 7) is 9.70. The Morgan fingerprint density at radius 1 is 1.45 bits per heavy atom. The number of carbonyl (C=O) groups excluding carboxylic acids is 1. The Labute approximate surface area is 126 Å². The van der Waals surface area contributed by atoms with E-state index in [2.05, 4.69) is 13.8 Å². The number of hydrogen-bond donors (Lipinski definition) is 0. The van der Waals surface area contributed by atoms with Gasteiger partial charge in [0.25, 0.3) is 0 Å². The standard InChI is InChI=1S/C15H24ClNO3/c1-10(2)7-11-8-12(19-6)9-13(16)17(11)14(18)20-15(3,4)5/h8-11H,7H2,1-6H3. The average Bonchev–Trinajstić information content (AvgIpc) is 2.24. The summed E-state index contributed by atoms with van der Waals surface area (Å²) in [7, 11) is 1.59. The molecule has 0 fully saturated rings. The molecule has 1 heterocycles. The van der Waals surface area contributed by atoms with Crippen molar-refractivity contribution in [3.63, 3.8) is 0 Å². The maximum Gasteiger partial charge on any atom is 0.416 e. The highest BCUT2D eigenvalue weighted by molar-refractivity contribution is 6.30. The molecule has 20 heavy (non-hydrogen) atoms. The van der Waals surface area contributed by atoms with Crippen molar-refractivity contribution in [1.82, 2.24) is 4.90 Å². The first-order valence-corrected chi connectivity index (χ1v) is 7.17. The van der Waals surface area contributed by atoms with Gasteiger partial charge in [-0.25, -0.2) is 4.79 Å². The van der Waals surface area contributed by atoms with Gasteiger partial charge in [-0.2, -0.15) is 0 Å². The Bertz CT molecular complexity index is 421. The minimum atomic E-state index is -0.554. The molecule has 1 unspecified atom stereocenters. The fraction of sp³-hybridized carbons (Fsp3) is 0.667. The van der Waals surface area contributed by atoms with Gasteiger partial charge in [0.15, 0.2) is 0 Å². The number of allylic oxidation sites excluding steroid dienone is 1. The van der Waals surface area contributed by atoms with Crippen LogP contribution in [0.25, 0.3) is 0 Å². The summed E-state index contributed by atoms with van der Waals surface area (Å²) in [5.41, 5.74) is -0.554. The molecule has 0 N–H and O–H groups in total. The number of ether oxygens (including phenoxy) is 2. The van der Waals surface area contributed by atoms with Gasteiger partial charge >= 0.3 is 6.09 Å². The molecule has 0 aromatic rings. The molecule has 1 rings (SSSR count). The number of nitrogens with zero attached hydrogens (tertiary/aromatic N) is 1. The summed E-state index contributed by atoms with van der Waals surface area (Å²) < 4.78 is 10.6. The van der Waals surface area contributed by atoms with Gasteiger partial charge in [-0.1, -0.05) is 25.4 Å². The zero-order chi connectivity index (χ0) is 15.5. The quantitative estimate of drug-likeness (QED) is 0.731. The average molecular weight is 302 g/mol. The van der Waals surface area contributed by atoms with Crippen molar-refractivity contribution in [3.05, 3.63) is 23.1 Å². The second-order valence-electron chi connectivity index (χ2n) is 6.29. The maximum absolute atomic E-state index is 12.3. The smallest absolute Gasteiger partial charge is 0.416 e. The van der Waals surface area contributed by atoms with Crippen LogP contribution in [0.1, 0.15) is 41.0 Å². The largest absolute Gasteiger partial charge is 0.497 e. The van der Waals surface area contributed by atoms with Crippen LogP contribution in [0.3, 0.4) is 0 Å². The van der Waals surface area contributed by atoms with Crippen molar-refractivity contribution in [2.75, 3.05) is 7.11 Å². The zero-order valence-corrected chi connectivity index (χ0v) is 13.8. The summed E-state index contributed by atoms with van der Waals surface area (Å²) in [5.74, 6) is 1.09. The molecule has 1 atom stereocenters. The minimum Gasteiger partial charge on any atom is -0.497 e. The van der Waals surface area contributed by atoms with Gasteiger partial charge in [-0.15, -0.1) is 0 Å². The molecular formula is C15H24ClNO3. The van der Waals surface area contributed by atoms with Gasteiger partial charge in [-0.3, -0.25) is 4.90 Å². The fourth-order valence-electron chi connectivity index (χ4n) is 1.97. The number of halogens is 1. The third kappa shape index (κ3) is 4.75. The van der Waals surface area contributed by atoms with Crippen LogP contribution in [0, 0.1) is 5.92 Å². The van der Waals surface area contributed by atoms with Crippen LogP contribution in [0.2, 0.25) is 0 Å². The number of carbonyl (C=O) groups is 1. The van der Waals surface area contributed by atoms with Crippen molar-refractivity contribution in [2.24, 2.45) is 5.92 Å². The zero-order valence-electron chi connectivity index (χ0n) is 13.1. The highest BCUT2D eigenvalue weighted by Gasteiger charge is 2.32. The molecule has 0 saturated heterocycles. The monoisotopic (exact) mass is 301 g/mol. The lowest BCUT2D eigenvalue weighted by Gasteiger charge is -2.34. The lowest BCUT2D eigenvalue weighted by atomic mass is 10.0. The van der Waals surface area contributed by atoms with E-state index in [1.807, 2.05) is 26.8 Å². The van der Waals surface area contributed by atoms with Gasteiger partial charge in [-0.05, 0) is 39.2 Å². The van der Waals surface area contributed by atoms with E-state index >= 15 is 0 Å². The second-order valence-corrected chi connectivity index (χ2v) is 6.67. The number of hydrogen-bond acceptors (Lipinski definition) is 3. The molecule has 1 aliphatic heterocycles. The van der Waals surface area contributed by atoms with E-state index in [0.717, 1.165) is 6.42 Å². The molecule has 0 aliphatic carbocycles. The SMILES string of the molecule is COC1=CC(CC(C)C)N(C(=O)OC(C)(C)C)C(Cl)=C1. The van der Waals surface area contributed by atoms with Gasteiger partial charge in [0.2, 0.25) is 0 Å². The summed E-state index contributed by atoms with van der Waals surface area (Å²) in [4.78, 5) is 13.8. The van der Waals surface area contributed by atoms with Crippen molar-refractivity contribution >= 4 is 17.7 Å². The Balaban J connectivity index is 2.98. The molecule has 5 heteroatoms. The van der Waals surface area contributed by atoms with Gasteiger partial charge < -0.3 is 9.47 Å². The molecule has 1 aliphatic rings. The van der Waals surface area contributed by atoms with E-state index in [4.69, 9.17) is 21.1 Å². The van der Waals surface area contributed by atoms with Crippen LogP contribution >= 0.6 is 11.6 Å². The first-order chi connectivity index (χ1) is 9.14. The lowest BCUT2D eigenvalue weighted by Crippen LogP contribution is -2.43. The molecular weight excluding hydrogens is 278 g/mol. The summed E-state index contributed by atoms with van der Waals surface area (Å²) >= 11 is 6.22. The Morgan fingerprint density at radius 3 is 2.50 bits per heavy atom. The lowest BCUT2D eigenvalue weighted by molar-refractivity contribution is 0.0268. The summed E-state index contributed by atoms with van der Waals surface area (Å²) in [6.07, 6.45) is 3.88. The molecule has 1 amide bonds. The van der Waals surface area contributed by atoms with Crippen molar-refractivity contribution < 1.29 is 14.3 Å². The van der Waals surface area contributed by atoms with Crippen LogP contribution in [0.15, 0.2) is 23.1 Å². The van der Waals surface area contributed by atoms with Crippen LogP contribution in [0.4, 0.5) is 4.79 Å². The third-order valence-corrected chi connectivity index (χ3v) is 3.01. The molecule has 0 radical (unpaired) electrons. The Kier molecular flexibility index (Phi) is 5.51. The van der Waals surface area contributed by atoms with Crippen molar-refractivity contribution in [3.8, 4) is 0 Å². The molecule has 0 aromatic carbocycles. The van der Waals surface area contributed by atoms with Crippen molar-refractivity contribution in [2.45, 2.75) is 52.7 Å². The molecule has 0 saturated carbocycles. The maximum atomic E-state index is 12.3. The molecule has 4 nitrogen and oxygen atoms in total. The summed E-state index contributed by atoms with van der Waals surface area (Å²) in [5, 5.41) is 0.323. The van der Waals surface area contributed by atoms with Gasteiger partial charge in [0, 0.05) is 6.08 Å². The number of amides is 1. The van der Waals surface area contributed by atoms with E-state index in [-0.39, 0.29) is 6.04 Å². The molecule has 114 valence electrons. The van der Waals surface area contributed by atoms with Crippen LogP contribution in [0.5, 0.6) is 0 Å². The van der Waals surface area contributed by atoms with E-state index in [1.54, 1.807) is 13.2 Å². The number of methoxy groups -OCH3 is 1. The first-order valence-electron chi connectivity index (χ1n) is 6.79. The van der Waals surface area contributed by atoms with E-state index in [0.29, 0.717) is 16.8 Å². The molecule has 0 spiro atoms. The van der Waals surface area contributed by atoms with Crippen LogP contribution in [-0.4, -0.2) is 29.7 Å². The van der Waals surface area contributed by atoms with Crippen LogP contribution in [-0.2, 0) is 9.47 Å². The predicted octanol–water partition coefficient (Wildman–Crippen LogP) is 4.26. The first kappa shape index (κ1) is 16.9. The van der Waals surface area contributed by atoms with Gasteiger partial charge in [0.1, 0.15) is 16.5 Å². The number of rotatable bonds is 3. The third-order valence-electron chi connectivity index (χ3n) is 2.72. The van der Waals surface area contributed by atoms with E-state index in [1.165, 1.54) is 4.90 Å². The van der Waals surface area contributed by atoms with Crippen LogP contribution < -0.4 is 0 Å². The summed E-state index contributed by atoms with van der Waals surface area (Å²) in [6, 6.07) is -0.155. The highest BCUT2D eigenvalue weighted by Crippen LogP contribution is 2.29. The van der Waals surface area contributed by atoms with Crippen molar-refractivity contribution in [1.29, 1.82) is 0 Å². The fourth-order valence-corrected chi connectivity index (χ4v) is 2.28. The van der Waals surface area contributed by atoms with Gasteiger partial charge in [0.05, 0.1) is 13.2 Å². The Hall–Kier alpha value is -1.16. The van der Waals surface area contributed by atoms with E-state index in [9.17, 15) is 4.79 Å². The minimum absolute atomic E-state index is 0.155.